The van der Waals surface area contributed by atoms with Crippen LogP contribution in [-0.2, 0) is 19.7 Å². The fourth-order valence-electron chi connectivity index (χ4n) is 0.558. The van der Waals surface area contributed by atoms with Gasteiger partial charge in [-0.2, -0.15) is 8.42 Å². The Kier molecular flexibility index (Phi) is 3.78. The lowest BCUT2D eigenvalue weighted by Gasteiger charge is -2.13. The Morgan fingerprint density at radius 2 is 1.92 bits per heavy atom. The molecule has 1 amide bonds. The third kappa shape index (κ3) is 3.83. The summed E-state index contributed by atoms with van der Waals surface area (Å²) in [4.78, 5) is 20.5. The van der Waals surface area contributed by atoms with Crippen LogP contribution in [0.3, 0.4) is 0 Å². The zero-order valence-electron chi connectivity index (χ0n) is 6.13. The number of carboxylic acid groups (broad SMARTS) is 1. The molecule has 1 atom stereocenters. The molecule has 13 heavy (non-hydrogen) atoms. The van der Waals surface area contributed by atoms with Crippen molar-refractivity contribution >= 4 is 22.0 Å². The van der Waals surface area contributed by atoms with Gasteiger partial charge in [0.05, 0.1) is 6.42 Å². The minimum absolute atomic E-state index is 0.686. The SMILES string of the molecule is O=C(O)CC(C(=O)N[O-])S(=O)(=O)O. The molecule has 0 aromatic carbocycles. The third-order valence-electron chi connectivity index (χ3n) is 1.11. The number of carbonyl (C=O) groups excluding carboxylic acids is 1. The van der Waals surface area contributed by atoms with Gasteiger partial charge in [0.25, 0.3) is 10.1 Å². The van der Waals surface area contributed by atoms with Crippen molar-refractivity contribution in [3.05, 3.63) is 5.21 Å². The highest BCUT2D eigenvalue weighted by molar-refractivity contribution is 7.87. The summed E-state index contributed by atoms with van der Waals surface area (Å²) in [5.41, 5.74) is 0.686. The average molecular weight is 212 g/mol. The molecule has 0 aromatic rings. The van der Waals surface area contributed by atoms with Crippen molar-refractivity contribution < 1.29 is 27.7 Å². The Hall–Kier alpha value is -1.19. The summed E-state index contributed by atoms with van der Waals surface area (Å²) >= 11 is 0. The number of nitrogens with one attached hydrogen (secondary N) is 1. The van der Waals surface area contributed by atoms with Crippen LogP contribution in [0.1, 0.15) is 6.42 Å². The first kappa shape index (κ1) is 11.8. The van der Waals surface area contributed by atoms with Crippen molar-refractivity contribution in [1.29, 1.82) is 0 Å². The summed E-state index contributed by atoms with van der Waals surface area (Å²) in [5.74, 6) is -3.23. The first-order chi connectivity index (χ1) is 5.79. The lowest BCUT2D eigenvalue weighted by Crippen LogP contribution is -2.38. The predicted molar refractivity (Wildman–Crippen MR) is 39.1 cm³/mol. The molecular formula is C4H6NO7S-. The largest absolute Gasteiger partial charge is 0.759 e. The summed E-state index contributed by atoms with van der Waals surface area (Å²) in [7, 11) is -4.86. The van der Waals surface area contributed by atoms with E-state index in [1.165, 1.54) is 0 Å². The van der Waals surface area contributed by atoms with Crippen molar-refractivity contribution in [2.24, 2.45) is 0 Å². The summed E-state index contributed by atoms with van der Waals surface area (Å²) in [6.07, 6.45) is -1.16. The number of hydroxylamine groups is 1. The Bertz CT molecular complexity index is 306. The molecule has 0 saturated heterocycles. The molecule has 8 nitrogen and oxygen atoms in total. The second-order valence-corrected chi connectivity index (χ2v) is 3.67. The molecule has 76 valence electrons. The van der Waals surface area contributed by atoms with Crippen molar-refractivity contribution in [2.45, 2.75) is 11.7 Å². The molecule has 0 aliphatic heterocycles. The fourth-order valence-corrected chi connectivity index (χ4v) is 1.23. The van der Waals surface area contributed by atoms with Crippen LogP contribution >= 0.6 is 0 Å². The smallest absolute Gasteiger partial charge is 0.305 e. The van der Waals surface area contributed by atoms with E-state index in [9.17, 15) is 23.2 Å². The molecule has 0 fully saturated rings. The number of rotatable bonds is 4. The van der Waals surface area contributed by atoms with Gasteiger partial charge in [-0.1, -0.05) is 0 Å². The van der Waals surface area contributed by atoms with E-state index in [0.29, 0.717) is 5.48 Å². The Balaban J connectivity index is 4.77. The van der Waals surface area contributed by atoms with Crippen LogP contribution in [0, 0.1) is 5.21 Å². The Morgan fingerprint density at radius 1 is 1.46 bits per heavy atom. The van der Waals surface area contributed by atoms with Crippen LogP contribution in [0.4, 0.5) is 0 Å². The molecule has 3 N–H and O–H groups in total. The van der Waals surface area contributed by atoms with Gasteiger partial charge in [-0.15, -0.1) is 0 Å². The van der Waals surface area contributed by atoms with E-state index in [2.05, 4.69) is 0 Å². The van der Waals surface area contributed by atoms with Crippen molar-refractivity contribution in [3.8, 4) is 0 Å². The highest BCUT2D eigenvalue weighted by Gasteiger charge is 2.31. The molecule has 9 heteroatoms. The number of carboxylic acids is 1. The van der Waals surface area contributed by atoms with Gasteiger partial charge in [0.2, 0.25) is 5.91 Å². The first-order valence-corrected chi connectivity index (χ1v) is 4.39. The fraction of sp³-hybridized carbons (Fsp3) is 0.500. The normalized spacial score (nSPS) is 13.4. The molecule has 0 heterocycles. The second-order valence-electron chi connectivity index (χ2n) is 2.07. The first-order valence-electron chi connectivity index (χ1n) is 2.89. The van der Waals surface area contributed by atoms with E-state index in [1.54, 1.807) is 0 Å². The van der Waals surface area contributed by atoms with Crippen molar-refractivity contribution in [2.75, 3.05) is 0 Å². The van der Waals surface area contributed by atoms with Crippen LogP contribution in [0.2, 0.25) is 0 Å². The van der Waals surface area contributed by atoms with E-state index < -0.39 is 33.7 Å². The monoisotopic (exact) mass is 212 g/mol. The van der Waals surface area contributed by atoms with Gasteiger partial charge in [0.15, 0.2) is 5.25 Å². The topological polar surface area (TPSA) is 144 Å². The highest BCUT2D eigenvalue weighted by atomic mass is 32.2. The van der Waals surface area contributed by atoms with Gasteiger partial charge in [0, 0.05) is 0 Å². The summed E-state index contributed by atoms with van der Waals surface area (Å²) in [6.45, 7) is 0. The van der Waals surface area contributed by atoms with E-state index in [4.69, 9.17) is 9.66 Å². The van der Waals surface area contributed by atoms with Crippen LogP contribution in [-0.4, -0.2) is 35.2 Å². The molecule has 0 rings (SSSR count). The van der Waals surface area contributed by atoms with E-state index >= 15 is 0 Å². The molecule has 0 spiro atoms. The van der Waals surface area contributed by atoms with Crippen LogP contribution in [0.5, 0.6) is 0 Å². The number of aliphatic carboxylic acids is 1. The predicted octanol–water partition coefficient (Wildman–Crippen LogP) is -1.67. The van der Waals surface area contributed by atoms with E-state index in [0.717, 1.165) is 0 Å². The van der Waals surface area contributed by atoms with Crippen LogP contribution in [0.25, 0.3) is 0 Å². The molecule has 0 aromatic heterocycles. The Labute approximate surface area is 72.9 Å². The quantitative estimate of drug-likeness (QED) is 0.373. The lowest BCUT2D eigenvalue weighted by atomic mass is 10.3. The average Bonchev–Trinajstić information content (AvgIpc) is 1.96. The van der Waals surface area contributed by atoms with Gasteiger partial charge in [0.1, 0.15) is 0 Å². The van der Waals surface area contributed by atoms with Gasteiger partial charge >= 0.3 is 5.97 Å². The van der Waals surface area contributed by atoms with Crippen molar-refractivity contribution in [3.63, 3.8) is 0 Å². The van der Waals surface area contributed by atoms with Gasteiger partial charge in [-0.25, -0.2) is 0 Å². The van der Waals surface area contributed by atoms with Crippen molar-refractivity contribution in [1.82, 2.24) is 5.48 Å². The molecule has 0 aliphatic rings. The zero-order valence-corrected chi connectivity index (χ0v) is 6.94. The van der Waals surface area contributed by atoms with Gasteiger partial charge < -0.3 is 15.8 Å². The maximum Gasteiger partial charge on any atom is 0.305 e. The molecule has 0 radical (unpaired) electrons. The van der Waals surface area contributed by atoms with Gasteiger partial charge in [-0.3, -0.25) is 14.1 Å². The molecule has 0 bridgehead atoms. The molecule has 1 unspecified atom stereocenters. The summed E-state index contributed by atoms with van der Waals surface area (Å²) < 4.78 is 29.1. The summed E-state index contributed by atoms with van der Waals surface area (Å²) in [5, 5.41) is 15.6. The maximum atomic E-state index is 10.5. The number of amides is 1. The zero-order chi connectivity index (χ0) is 10.6. The minimum Gasteiger partial charge on any atom is -0.759 e. The maximum absolute atomic E-state index is 10.5. The second kappa shape index (κ2) is 4.16. The summed E-state index contributed by atoms with van der Waals surface area (Å²) in [6, 6.07) is 0. The van der Waals surface area contributed by atoms with Crippen LogP contribution in [0.15, 0.2) is 0 Å². The number of hydrogen-bond donors (Lipinski definition) is 3. The lowest BCUT2D eigenvalue weighted by molar-refractivity contribution is -0.138. The molecule has 0 saturated carbocycles. The molecular weight excluding hydrogens is 206 g/mol. The van der Waals surface area contributed by atoms with Gasteiger partial charge in [-0.05, 0) is 0 Å². The van der Waals surface area contributed by atoms with E-state index in [1.807, 2.05) is 0 Å². The molecule has 0 aliphatic carbocycles. The standard InChI is InChI=1S/C4H6NO7S/c6-3(7)1-2(4(8)5-9)13(10,11)12/h2H,1H2,(H3-,5,6,7,8,9,10,11,12)/q-1. The number of carbonyl (C=O) groups is 2. The minimum atomic E-state index is -4.86. The van der Waals surface area contributed by atoms with E-state index in [-0.39, 0.29) is 0 Å². The Morgan fingerprint density at radius 3 is 2.15 bits per heavy atom. The number of hydrogen-bond acceptors (Lipinski definition) is 5. The third-order valence-corrected chi connectivity index (χ3v) is 2.21. The highest BCUT2D eigenvalue weighted by Crippen LogP contribution is 2.04. The van der Waals surface area contributed by atoms with Crippen LogP contribution < -0.4 is 5.48 Å².